The maximum absolute atomic E-state index is 5.60. The molecule has 3 rings (SSSR count). The lowest BCUT2D eigenvalue weighted by atomic mass is 10.1. The first-order valence-corrected chi connectivity index (χ1v) is 5.74. The fourth-order valence-corrected chi connectivity index (χ4v) is 2.27. The van der Waals surface area contributed by atoms with E-state index in [4.69, 9.17) is 14.2 Å². The van der Waals surface area contributed by atoms with Crippen LogP contribution in [0.3, 0.4) is 0 Å². The van der Waals surface area contributed by atoms with Gasteiger partial charge in [0.05, 0.1) is 36.6 Å². The van der Waals surface area contributed by atoms with Crippen LogP contribution in [0.4, 0.5) is 0 Å². The van der Waals surface area contributed by atoms with Crippen LogP contribution >= 0.6 is 0 Å². The van der Waals surface area contributed by atoms with E-state index in [1.54, 1.807) is 0 Å². The summed E-state index contributed by atoms with van der Waals surface area (Å²) in [5, 5.41) is 0. The Balaban J connectivity index is 1.34. The van der Waals surface area contributed by atoms with Gasteiger partial charge in [0.15, 0.2) is 0 Å². The zero-order chi connectivity index (χ0) is 9.71. The fourth-order valence-electron chi connectivity index (χ4n) is 2.27. The van der Waals surface area contributed by atoms with Crippen molar-refractivity contribution in [1.82, 2.24) is 0 Å². The normalized spacial score (nSPS) is 54.4. The fraction of sp³-hybridized carbons (Fsp3) is 1.00. The van der Waals surface area contributed by atoms with Crippen LogP contribution in [0.2, 0.25) is 0 Å². The summed E-state index contributed by atoms with van der Waals surface area (Å²) in [6, 6.07) is 0. The average molecular weight is 198 g/mol. The molecule has 3 fully saturated rings. The average Bonchev–Trinajstić information content (AvgIpc) is 3.01. The number of ether oxygens (including phenoxy) is 3. The maximum Gasteiger partial charge on any atom is 0.0868 e. The van der Waals surface area contributed by atoms with Gasteiger partial charge in [-0.2, -0.15) is 0 Å². The van der Waals surface area contributed by atoms with Crippen LogP contribution in [0.25, 0.3) is 0 Å². The standard InChI is InChI=1S/C11H18O3/c1-3-7-9(13-7)5-11-10(14-11)4-8-6(2)12-8/h6-11H,3-5H2,1-2H3. The van der Waals surface area contributed by atoms with Crippen LogP contribution in [-0.2, 0) is 14.2 Å². The molecule has 3 aliphatic rings. The summed E-state index contributed by atoms with van der Waals surface area (Å²) in [5.74, 6) is 0. The van der Waals surface area contributed by atoms with Crippen LogP contribution in [-0.4, -0.2) is 36.6 Å². The van der Waals surface area contributed by atoms with Gasteiger partial charge < -0.3 is 14.2 Å². The highest BCUT2D eigenvalue weighted by Crippen LogP contribution is 2.40. The first kappa shape index (κ1) is 9.13. The van der Waals surface area contributed by atoms with E-state index in [-0.39, 0.29) is 0 Å². The van der Waals surface area contributed by atoms with Crippen molar-refractivity contribution >= 4 is 0 Å². The minimum absolute atomic E-state index is 0.464. The Morgan fingerprint density at radius 3 is 1.79 bits per heavy atom. The van der Waals surface area contributed by atoms with Gasteiger partial charge in [-0.3, -0.25) is 0 Å². The van der Waals surface area contributed by atoms with E-state index in [2.05, 4.69) is 13.8 Å². The molecule has 0 aliphatic carbocycles. The number of hydrogen-bond donors (Lipinski definition) is 0. The van der Waals surface area contributed by atoms with Crippen molar-refractivity contribution in [3.8, 4) is 0 Å². The summed E-state index contributed by atoms with van der Waals surface area (Å²) < 4.78 is 16.5. The van der Waals surface area contributed by atoms with Crippen molar-refractivity contribution in [2.75, 3.05) is 0 Å². The summed E-state index contributed by atoms with van der Waals surface area (Å²) in [6.07, 6.45) is 6.24. The molecule has 0 aromatic carbocycles. The Bertz CT molecular complexity index is 231. The lowest BCUT2D eigenvalue weighted by Crippen LogP contribution is -2.04. The van der Waals surface area contributed by atoms with E-state index in [1.807, 2.05) is 0 Å². The van der Waals surface area contributed by atoms with Gasteiger partial charge in [-0.25, -0.2) is 0 Å². The molecule has 0 bridgehead atoms. The Morgan fingerprint density at radius 1 is 0.786 bits per heavy atom. The topological polar surface area (TPSA) is 37.6 Å². The summed E-state index contributed by atoms with van der Waals surface area (Å²) in [4.78, 5) is 0. The molecule has 14 heavy (non-hydrogen) atoms. The smallest absolute Gasteiger partial charge is 0.0868 e. The molecule has 80 valence electrons. The van der Waals surface area contributed by atoms with Crippen LogP contribution in [0.1, 0.15) is 33.1 Å². The number of epoxide rings is 3. The lowest BCUT2D eigenvalue weighted by molar-refractivity contribution is 0.310. The van der Waals surface area contributed by atoms with Crippen molar-refractivity contribution < 1.29 is 14.2 Å². The van der Waals surface area contributed by atoms with Crippen LogP contribution in [0.5, 0.6) is 0 Å². The highest BCUT2D eigenvalue weighted by Gasteiger charge is 2.50. The first-order chi connectivity index (χ1) is 6.78. The van der Waals surface area contributed by atoms with Gasteiger partial charge in [0.25, 0.3) is 0 Å². The molecule has 0 amide bonds. The Hall–Kier alpha value is -0.120. The molecule has 0 aromatic heterocycles. The molecule has 6 atom stereocenters. The third-order valence-electron chi connectivity index (χ3n) is 3.54. The maximum atomic E-state index is 5.60. The zero-order valence-electron chi connectivity index (χ0n) is 8.81. The van der Waals surface area contributed by atoms with Crippen molar-refractivity contribution in [3.63, 3.8) is 0 Å². The second-order valence-electron chi connectivity index (χ2n) is 4.69. The Kier molecular flexibility index (Phi) is 2.08. The van der Waals surface area contributed by atoms with Gasteiger partial charge >= 0.3 is 0 Å². The monoisotopic (exact) mass is 198 g/mol. The number of rotatable bonds is 5. The van der Waals surface area contributed by atoms with E-state index < -0.39 is 0 Å². The Morgan fingerprint density at radius 2 is 1.29 bits per heavy atom. The third-order valence-corrected chi connectivity index (χ3v) is 3.54. The molecule has 0 saturated carbocycles. The van der Waals surface area contributed by atoms with E-state index >= 15 is 0 Å². The first-order valence-electron chi connectivity index (χ1n) is 5.74. The van der Waals surface area contributed by atoms with Crippen LogP contribution in [0.15, 0.2) is 0 Å². The van der Waals surface area contributed by atoms with E-state index in [1.165, 1.54) is 0 Å². The molecule has 3 nitrogen and oxygen atoms in total. The third kappa shape index (κ3) is 1.81. The largest absolute Gasteiger partial charge is 0.370 e. The molecule has 3 saturated heterocycles. The van der Waals surface area contributed by atoms with E-state index in [0.717, 1.165) is 19.3 Å². The molecule has 3 heterocycles. The molecule has 0 N–H and O–H groups in total. The predicted octanol–water partition coefficient (Wildman–Crippen LogP) is 1.50. The second kappa shape index (κ2) is 3.19. The SMILES string of the molecule is CCC1OC1CC1OC1CC1OC1C. The molecular formula is C11H18O3. The molecule has 6 unspecified atom stereocenters. The van der Waals surface area contributed by atoms with Gasteiger partial charge in [0, 0.05) is 12.8 Å². The van der Waals surface area contributed by atoms with Gasteiger partial charge in [0.1, 0.15) is 0 Å². The van der Waals surface area contributed by atoms with Crippen molar-refractivity contribution in [2.45, 2.75) is 69.7 Å². The molecule has 0 spiro atoms. The number of hydrogen-bond acceptors (Lipinski definition) is 3. The van der Waals surface area contributed by atoms with Crippen LogP contribution < -0.4 is 0 Å². The van der Waals surface area contributed by atoms with E-state index in [0.29, 0.717) is 36.6 Å². The highest BCUT2D eigenvalue weighted by atomic mass is 16.6. The van der Waals surface area contributed by atoms with Gasteiger partial charge in [0.2, 0.25) is 0 Å². The van der Waals surface area contributed by atoms with Crippen molar-refractivity contribution in [1.29, 1.82) is 0 Å². The van der Waals surface area contributed by atoms with Gasteiger partial charge in [-0.05, 0) is 13.3 Å². The molecule has 3 heteroatoms. The highest BCUT2D eigenvalue weighted by molar-refractivity contribution is 4.97. The summed E-state index contributed by atoms with van der Waals surface area (Å²) in [7, 11) is 0. The molecule has 3 aliphatic heterocycles. The van der Waals surface area contributed by atoms with E-state index in [9.17, 15) is 0 Å². The van der Waals surface area contributed by atoms with Gasteiger partial charge in [-0.1, -0.05) is 6.92 Å². The zero-order valence-corrected chi connectivity index (χ0v) is 8.81. The minimum Gasteiger partial charge on any atom is -0.370 e. The molecule has 0 aromatic rings. The lowest BCUT2D eigenvalue weighted by Gasteiger charge is -1.89. The van der Waals surface area contributed by atoms with Crippen molar-refractivity contribution in [2.24, 2.45) is 0 Å². The summed E-state index contributed by atoms with van der Waals surface area (Å²) in [5.41, 5.74) is 0. The summed E-state index contributed by atoms with van der Waals surface area (Å²) >= 11 is 0. The van der Waals surface area contributed by atoms with Crippen molar-refractivity contribution in [3.05, 3.63) is 0 Å². The second-order valence-corrected chi connectivity index (χ2v) is 4.69. The van der Waals surface area contributed by atoms with Crippen LogP contribution in [0, 0.1) is 0 Å². The van der Waals surface area contributed by atoms with Gasteiger partial charge in [-0.15, -0.1) is 0 Å². The predicted molar refractivity (Wildman–Crippen MR) is 51.2 cm³/mol. The quantitative estimate of drug-likeness (QED) is 0.628. The molecular weight excluding hydrogens is 180 g/mol. The minimum atomic E-state index is 0.464. The summed E-state index contributed by atoms with van der Waals surface area (Å²) in [6.45, 7) is 4.30. The Labute approximate surface area is 84.7 Å². The molecule has 0 radical (unpaired) electrons.